The van der Waals surface area contributed by atoms with Gasteiger partial charge in [0, 0.05) is 16.8 Å². The minimum atomic E-state index is 0. The molecule has 0 aromatic rings. The van der Waals surface area contributed by atoms with Crippen molar-refractivity contribution < 1.29 is 90.9 Å². The van der Waals surface area contributed by atoms with Crippen LogP contribution in [-0.4, -0.2) is 32.9 Å². The van der Waals surface area contributed by atoms with Gasteiger partial charge in [-0.15, -0.1) is 0 Å². The van der Waals surface area contributed by atoms with Gasteiger partial charge in [-0.25, -0.2) is 0 Å². The summed E-state index contributed by atoms with van der Waals surface area (Å²) < 4.78 is 0. The molecule has 0 aromatic carbocycles. The van der Waals surface area contributed by atoms with Gasteiger partial charge in [0.1, 0.15) is 0 Å². The third-order valence-electron chi connectivity index (χ3n) is 0. The number of hydrogen-bond donors (Lipinski definition) is 0. The van der Waals surface area contributed by atoms with Crippen LogP contribution in [0.1, 0.15) is 0 Å². The van der Waals surface area contributed by atoms with Crippen LogP contribution in [0.15, 0.2) is 0 Å². The molecule has 10 heteroatoms. The molecule has 1 radical (unpaired) electrons. The number of rotatable bonds is 0. The van der Waals surface area contributed by atoms with Gasteiger partial charge >= 0.3 is 16.5 Å². The topological polar surface area (TPSA) is 189 Å². The fourth-order valence-corrected chi connectivity index (χ4v) is 0. The second kappa shape index (κ2) is 502. The van der Waals surface area contributed by atoms with E-state index in [1.165, 1.54) is 0 Å². The molecule has 0 aliphatic heterocycles. The fraction of sp³-hybridized carbons (Fsp3) is 0. The van der Waals surface area contributed by atoms with Gasteiger partial charge in [-0.1, -0.05) is 0 Å². The van der Waals surface area contributed by atoms with E-state index in [1.54, 1.807) is 0 Å². The van der Waals surface area contributed by atoms with Gasteiger partial charge in [-0.2, -0.15) is 0 Å². The van der Waals surface area contributed by atoms with Crippen molar-refractivity contribution in [2.45, 2.75) is 0 Å². The predicted molar refractivity (Wildman–Crippen MR) is 21.7 cm³/mol. The van der Waals surface area contributed by atoms with E-state index < -0.39 is 0 Å². The Kier molecular flexibility index (Phi) is 33900. The number of hydrogen-bond acceptors (Lipinski definition) is 0. The molecule has 0 bridgehead atoms. The van der Waals surface area contributed by atoms with Crippen molar-refractivity contribution in [2.75, 3.05) is 0 Å². The molecule has 0 atom stereocenters. The standard InChI is InChI=1S/2ClH.Co.Ni.6H2O/h2*1H;;;6*1H2/q;;;+2;;;;;;/p-2. The summed E-state index contributed by atoms with van der Waals surface area (Å²) in [5, 5.41) is 0. The maximum atomic E-state index is 0. The van der Waals surface area contributed by atoms with Gasteiger partial charge in [0.15, 0.2) is 0 Å². The first-order valence-corrected chi connectivity index (χ1v) is 0. The fourth-order valence-electron chi connectivity index (χ4n) is 0. The predicted octanol–water partition coefficient (Wildman–Crippen LogP) is -10.9. The minimum absolute atomic E-state index is 0. The molecule has 10 heavy (non-hydrogen) atoms. The van der Waals surface area contributed by atoms with Crippen LogP contribution in [0.5, 0.6) is 0 Å². The Morgan fingerprint density at radius 3 is 0.400 bits per heavy atom. The van der Waals surface area contributed by atoms with E-state index in [-0.39, 0.29) is 90.9 Å². The molecule has 0 fully saturated rings. The van der Waals surface area contributed by atoms with E-state index in [0.717, 1.165) is 0 Å². The van der Waals surface area contributed by atoms with Crippen LogP contribution in [0.3, 0.4) is 0 Å². The van der Waals surface area contributed by atoms with Gasteiger partial charge in [-0.3, -0.25) is 0 Å². The summed E-state index contributed by atoms with van der Waals surface area (Å²) in [5.74, 6) is 0. The Balaban J connectivity index is 0. The van der Waals surface area contributed by atoms with E-state index in [1.807, 2.05) is 0 Å². The zero-order chi connectivity index (χ0) is 0. The van der Waals surface area contributed by atoms with E-state index in [4.69, 9.17) is 0 Å². The molecule has 0 saturated carbocycles. The van der Waals surface area contributed by atoms with E-state index >= 15 is 0 Å². The van der Waals surface area contributed by atoms with Crippen molar-refractivity contribution in [1.29, 1.82) is 0 Å². The second-order valence-corrected chi connectivity index (χ2v) is 0. The van der Waals surface area contributed by atoms with Gasteiger partial charge in [0.05, 0.1) is 0 Å². The maximum absolute atomic E-state index is 0. The molecule has 0 rings (SSSR count). The van der Waals surface area contributed by atoms with Crippen LogP contribution >= 0.6 is 0 Å². The first-order valence-electron chi connectivity index (χ1n) is 0. The zero-order valence-electron chi connectivity index (χ0n) is 4.41. The third kappa shape index (κ3) is 362. The summed E-state index contributed by atoms with van der Waals surface area (Å²) in [4.78, 5) is 0. The molecule has 0 spiro atoms. The van der Waals surface area contributed by atoms with Crippen molar-refractivity contribution in [3.05, 3.63) is 0 Å². The maximum Gasteiger partial charge on any atom is 2.00 e. The largest absolute Gasteiger partial charge is 2.00 e. The van der Waals surface area contributed by atoms with Gasteiger partial charge < -0.3 is 57.7 Å². The molecule has 0 aliphatic carbocycles. The monoisotopic (exact) mass is 295 g/mol. The van der Waals surface area contributed by atoms with Crippen molar-refractivity contribution >= 4 is 0 Å². The average molecular weight is 297 g/mol. The molecule has 12 N–H and O–H groups in total. The van der Waals surface area contributed by atoms with Crippen molar-refractivity contribution in [1.82, 2.24) is 0 Å². The Hall–Kier alpha value is 1.34. The van der Waals surface area contributed by atoms with E-state index in [0.29, 0.717) is 0 Å². The smallest absolute Gasteiger partial charge is 1.00 e. The van der Waals surface area contributed by atoms with Crippen LogP contribution in [0.2, 0.25) is 0 Å². The third-order valence-corrected chi connectivity index (χ3v) is 0. The van der Waals surface area contributed by atoms with Crippen molar-refractivity contribution in [2.24, 2.45) is 0 Å². The second-order valence-electron chi connectivity index (χ2n) is 0. The first kappa shape index (κ1) is 675. The molecule has 0 unspecified atom stereocenters. The molecule has 0 amide bonds. The number of halogens is 2. The summed E-state index contributed by atoms with van der Waals surface area (Å²) in [6, 6.07) is 0. The molecule has 6 nitrogen and oxygen atoms in total. The first-order chi connectivity index (χ1) is 0. The molecule has 81 valence electrons. The van der Waals surface area contributed by atoms with Gasteiger partial charge in [-0.05, 0) is 0 Å². The Morgan fingerprint density at radius 2 is 0.400 bits per heavy atom. The van der Waals surface area contributed by atoms with Gasteiger partial charge in [0.2, 0.25) is 0 Å². The Labute approximate surface area is 90.9 Å². The summed E-state index contributed by atoms with van der Waals surface area (Å²) in [6.45, 7) is 0. The van der Waals surface area contributed by atoms with Crippen LogP contribution in [-0.2, 0) is 33.3 Å². The van der Waals surface area contributed by atoms with Crippen LogP contribution in [0.25, 0.3) is 0 Å². The Bertz CT molecular complexity index is 15.7. The molecular weight excluding hydrogens is 285 g/mol. The minimum Gasteiger partial charge on any atom is -1.00 e. The normalized spacial score (nSPS) is 0. The van der Waals surface area contributed by atoms with Crippen molar-refractivity contribution in [3.63, 3.8) is 0 Å². The van der Waals surface area contributed by atoms with Crippen LogP contribution in [0.4, 0.5) is 0 Å². The van der Waals surface area contributed by atoms with Crippen LogP contribution < -0.4 is 24.8 Å². The van der Waals surface area contributed by atoms with Gasteiger partial charge in [0.25, 0.3) is 0 Å². The quantitative estimate of drug-likeness (QED) is 0.384. The average Bonchev–Trinajstić information content (AvgIpc) is 0. The summed E-state index contributed by atoms with van der Waals surface area (Å²) >= 11 is 0. The van der Waals surface area contributed by atoms with Crippen LogP contribution in [0, 0.1) is 0 Å². The van der Waals surface area contributed by atoms with E-state index in [2.05, 4.69) is 0 Å². The summed E-state index contributed by atoms with van der Waals surface area (Å²) in [6.07, 6.45) is 0. The van der Waals surface area contributed by atoms with E-state index in [9.17, 15) is 0 Å². The SMILES string of the molecule is O.O.O.O.O.O.[Cl-].[Cl-].[Co].[Ni+2]. The molecule has 0 saturated heterocycles. The Morgan fingerprint density at radius 1 is 0.400 bits per heavy atom. The molecule has 0 aliphatic rings. The summed E-state index contributed by atoms with van der Waals surface area (Å²) in [5.41, 5.74) is 0. The molecule has 0 heterocycles. The van der Waals surface area contributed by atoms with Crippen molar-refractivity contribution in [3.8, 4) is 0 Å². The molecular formula is H12Cl2CoNiO6. The summed E-state index contributed by atoms with van der Waals surface area (Å²) in [7, 11) is 0. The zero-order valence-corrected chi connectivity index (χ0v) is 7.95. The molecule has 0 aromatic heterocycles.